The van der Waals surface area contributed by atoms with Crippen molar-refractivity contribution in [2.45, 2.75) is 13.8 Å². The van der Waals surface area contributed by atoms with Crippen molar-refractivity contribution in [3.63, 3.8) is 0 Å². The van der Waals surface area contributed by atoms with Crippen LogP contribution in [0.5, 0.6) is 11.5 Å². The SMILES string of the molecule is Cc1[c]([RaH])[c]([RaH])c(Oc2[c]([RaH])[c]([RaH])c(C)c3[c]([RaH])[c]([RaH])[c]([RaH])[c]([RaH])c23)c2[c]([RaH])[c]([RaH])[c]([RaH])[c]([RaH])c12. The number of hydrogen-bond donors (Lipinski definition) is 0. The molecule has 4 rings (SSSR count). The molecule has 0 fully saturated rings. The van der Waals surface area contributed by atoms with Crippen molar-refractivity contribution in [2.24, 2.45) is 0 Å². The molecular formula is C22H18ORa12. The maximum atomic E-state index is 7.60. The van der Waals surface area contributed by atoms with E-state index < -0.39 is 0 Å². The van der Waals surface area contributed by atoms with E-state index in [2.05, 4.69) is 13.8 Å². The molecule has 0 aliphatic rings. The fourth-order valence-electron chi connectivity index (χ4n) is 6.14. The third-order valence-electron chi connectivity index (χ3n) is 9.71. The first kappa shape index (κ1) is 42.6. The summed E-state index contributed by atoms with van der Waals surface area (Å²) in [5.74, 6) is 2.96. The summed E-state index contributed by atoms with van der Waals surface area (Å²) in [6.45, 7) is 5.04. The third kappa shape index (κ3) is 9.37. The van der Waals surface area contributed by atoms with Crippen LogP contribution in [0.4, 0.5) is 0 Å². The molecule has 0 heterocycles. The molecule has 0 amide bonds. The van der Waals surface area contributed by atoms with E-state index in [1.165, 1.54) is 11.5 Å². The normalized spacial score (nSPS) is 11.0. The molecule has 35 heavy (non-hydrogen) atoms. The average Bonchev–Trinajstić information content (AvgIpc) is 2.83. The molecule has 136 valence electrons. The van der Waals surface area contributed by atoms with Gasteiger partial charge in [0.1, 0.15) is 0 Å². The van der Waals surface area contributed by atoms with Crippen LogP contribution in [0.3, 0.4) is 0 Å². The summed E-state index contributed by atoms with van der Waals surface area (Å²) in [5, 5.41) is 7.01. The first-order chi connectivity index (χ1) is 16.2. The van der Waals surface area contributed by atoms with Gasteiger partial charge in [-0.1, -0.05) is 0 Å². The van der Waals surface area contributed by atoms with Crippen LogP contribution in [0.15, 0.2) is 0 Å². The fourth-order valence-corrected chi connectivity index (χ4v) is 75.3. The van der Waals surface area contributed by atoms with E-state index >= 15 is 0 Å². The molecule has 0 saturated heterocycles. The molecule has 0 saturated carbocycles. The number of fused-ring (bicyclic) bond motifs is 2. The molecule has 13 heteroatoms. The zero-order valence-corrected chi connectivity index (χ0v) is 123. The first-order valence-corrected chi connectivity index (χ1v) is 62.2. The van der Waals surface area contributed by atoms with Crippen molar-refractivity contribution in [2.75, 3.05) is 0 Å². The Bertz CT molecular complexity index is 1470. The molecule has 4 aromatic carbocycles. The second-order valence-corrected chi connectivity index (χ2v) is 60.3. The summed E-state index contributed by atoms with van der Waals surface area (Å²) in [7, 11) is 0. The Morgan fingerprint density at radius 3 is 0.857 bits per heavy atom. The molecule has 0 aliphatic carbocycles. The molecule has 0 bridgehead atoms. The monoisotopic (exact) mass is 3010 g/mol. The van der Waals surface area contributed by atoms with Crippen LogP contribution in [0, 0.1) is 527 Å². The van der Waals surface area contributed by atoms with Gasteiger partial charge in [-0.2, -0.15) is 0 Å². The first-order valence-electron chi connectivity index (χ1n) is 12.9. The molecule has 0 spiro atoms. The third-order valence-corrected chi connectivity index (χ3v) is 212. The Morgan fingerprint density at radius 1 is 0.314 bits per heavy atom. The van der Waals surface area contributed by atoms with Gasteiger partial charge < -0.3 is 0 Å². The van der Waals surface area contributed by atoms with Crippen molar-refractivity contribution in [3.05, 3.63) is 11.1 Å². The van der Waals surface area contributed by atoms with Gasteiger partial charge in [-0.3, -0.25) is 0 Å². The quantitative estimate of drug-likeness (QED) is 0.195. The Hall–Kier alpha value is 14.8. The molecule has 4 aromatic rings. The van der Waals surface area contributed by atoms with Gasteiger partial charge in [0.2, 0.25) is 0 Å². The number of rotatable bonds is 2. The van der Waals surface area contributed by atoms with E-state index in [1.54, 1.807) is 33.9 Å². The number of hydrogen-bond acceptors (Lipinski definition) is 1. The Balaban J connectivity index is 2.23. The Kier molecular flexibility index (Phi) is 23.6. The molecule has 0 atom stereocenters. The second kappa shape index (κ2) is 19.4. The minimum atomic E-state index is 0.315. The van der Waals surface area contributed by atoms with E-state index in [1.807, 2.05) is 6.04 Å². The molecule has 0 N–H and O–H groups in total. The van der Waals surface area contributed by atoms with Gasteiger partial charge in [0.05, 0.1) is 0 Å². The number of aryl methyl sites for hydroxylation is 2. The Morgan fingerprint density at radius 2 is 0.571 bits per heavy atom. The summed E-state index contributed by atoms with van der Waals surface area (Å²) >= 11 is 4.95. The summed E-state index contributed by atoms with van der Waals surface area (Å²) in [5.41, 5.74) is 3.50. The van der Waals surface area contributed by atoms with Gasteiger partial charge in [0, 0.05) is 0 Å². The van der Waals surface area contributed by atoms with Crippen LogP contribution in [0.25, 0.3) is 21.5 Å². The van der Waals surface area contributed by atoms with Gasteiger partial charge in [0.15, 0.2) is 0 Å². The van der Waals surface area contributed by atoms with Crippen LogP contribution in [0.1, 0.15) is 11.1 Å². The minimum absolute atomic E-state index is 0.315. The van der Waals surface area contributed by atoms with Crippen molar-refractivity contribution in [3.8, 4) is 11.5 Å². The van der Waals surface area contributed by atoms with Crippen molar-refractivity contribution >= 4 is 28.8 Å². The van der Waals surface area contributed by atoms with Gasteiger partial charge in [-0.15, -0.1) is 0 Å². The van der Waals surface area contributed by atoms with Crippen LogP contribution >= 0.6 is 0 Å². The van der Waals surface area contributed by atoms with E-state index in [4.69, 9.17) is 4.74 Å². The van der Waals surface area contributed by atoms with Gasteiger partial charge in [0.25, 0.3) is 0 Å². The maximum absolute atomic E-state index is 7.60. The van der Waals surface area contributed by atoms with E-state index in [0.717, 1.165) is 0 Å². The van der Waals surface area contributed by atoms with Gasteiger partial charge in [-0.05, 0) is 0 Å². The van der Waals surface area contributed by atoms with Crippen LogP contribution in [0.2, 0.25) is 0 Å². The van der Waals surface area contributed by atoms with E-state index in [-0.39, 0.29) is 0 Å². The summed E-state index contributed by atoms with van der Waals surface area (Å²) in [6, 6.07) is 0. The summed E-state index contributed by atoms with van der Waals surface area (Å²) in [4.78, 5) is 0. The molecule has 0 radical (unpaired) electrons. The predicted octanol–water partition coefficient (Wildman–Crippen LogP) is -6.72. The van der Waals surface area contributed by atoms with Crippen molar-refractivity contribution in [1.82, 2.24) is 0 Å². The summed E-state index contributed by atoms with van der Waals surface area (Å²) < 4.78 is 30.3. The van der Waals surface area contributed by atoms with Crippen LogP contribution in [-0.2, 0) is 0 Å². The van der Waals surface area contributed by atoms with E-state index in [0.29, 0.717) is 514 Å². The van der Waals surface area contributed by atoms with Gasteiger partial charge >= 0.3 is 584 Å². The number of ether oxygens (including phenoxy) is 1. The molecule has 0 unspecified atom stereocenters. The standard InChI is InChI=1S/C22H6O.12Ra.12H/c1-15-11-13-21(19-9-5-3-7-17(15)19)23-22-14-12-16(2)18-8-4-6-10-20(18)22;;;;;;;;;;;;;;;;;;;;;;;;/h1-2H3;;;;;;;;;;;;;;;;;;;;;;;;. The second-order valence-electron chi connectivity index (χ2n) is 11.0. The molecule has 1 nitrogen and oxygen atoms in total. The van der Waals surface area contributed by atoms with E-state index in [9.17, 15) is 0 Å². The van der Waals surface area contributed by atoms with Crippen LogP contribution in [-0.4, -0.2) is 0 Å². The Labute approximate surface area is 559 Å². The topological polar surface area (TPSA) is 9.23 Å². The van der Waals surface area contributed by atoms with Crippen molar-refractivity contribution < 1.29 is 518 Å². The average molecular weight is 3010 g/mol. The molecule has 0 aliphatic heterocycles. The molecule has 0 aromatic heterocycles. The number of benzene rings is 4. The van der Waals surface area contributed by atoms with Crippen LogP contribution < -0.4 is 12.0 Å². The zero-order valence-electron chi connectivity index (χ0n) is 24.4. The summed E-state index contributed by atoms with van der Waals surface area (Å²) in [6.07, 6.45) is 0. The van der Waals surface area contributed by atoms with Crippen molar-refractivity contribution in [1.29, 1.82) is 0 Å². The predicted molar refractivity (Wildman–Crippen MR) is 110 cm³/mol. The van der Waals surface area contributed by atoms with Gasteiger partial charge in [-0.25, -0.2) is 0 Å². The molecular weight excluding hydrogens is 2990 g/mol. The zero-order chi connectivity index (χ0) is 26.3. The fraction of sp³-hybridized carbons (Fsp3) is 0.0909.